The van der Waals surface area contributed by atoms with Crippen LogP contribution in [0.25, 0.3) is 0 Å². The van der Waals surface area contributed by atoms with Crippen LogP contribution in [0.5, 0.6) is 0 Å². The molecule has 0 unspecified atom stereocenters. The quantitative estimate of drug-likeness (QED) is 0.639. The molecular weight excluding hydrogens is 453 g/mol. The molecule has 4 fully saturated rings. The molecule has 1 aliphatic heterocycles. The third-order valence-corrected chi connectivity index (χ3v) is 7.30. The molecule has 180 valence electrons. The Labute approximate surface area is 192 Å². The van der Waals surface area contributed by atoms with Crippen molar-refractivity contribution in [2.24, 2.45) is 16.7 Å². The lowest BCUT2D eigenvalue weighted by molar-refractivity contribution is -0.346. The highest BCUT2D eigenvalue weighted by Gasteiger charge is 2.81. The maximum atomic E-state index is 13.2. The normalized spacial score (nSPS) is 30.1. The van der Waals surface area contributed by atoms with Crippen LogP contribution in [0.2, 0.25) is 0 Å². The third-order valence-electron chi connectivity index (χ3n) is 7.30. The number of pyridine rings is 1. The minimum absolute atomic E-state index is 0.0292. The largest absolute Gasteiger partial charge is 0.394 e. The van der Waals surface area contributed by atoms with Gasteiger partial charge in [0.05, 0.1) is 23.4 Å². The summed E-state index contributed by atoms with van der Waals surface area (Å²) in [7, 11) is 0. The van der Waals surface area contributed by atoms with Crippen LogP contribution in [0.1, 0.15) is 60.0 Å². The molecule has 34 heavy (non-hydrogen) atoms. The first-order chi connectivity index (χ1) is 16.0. The van der Waals surface area contributed by atoms with E-state index in [1.807, 2.05) is 0 Å². The van der Waals surface area contributed by atoms with Gasteiger partial charge in [0.2, 0.25) is 11.5 Å². The highest BCUT2D eigenvalue weighted by atomic mass is 19.4. The first-order valence-corrected chi connectivity index (χ1v) is 11.1. The Bertz CT molecular complexity index is 1190. The van der Waals surface area contributed by atoms with Crippen LogP contribution in [-0.4, -0.2) is 39.4 Å². The van der Waals surface area contributed by atoms with Gasteiger partial charge in [-0.25, -0.2) is 9.97 Å². The number of H-pyrrole nitrogens is 1. The van der Waals surface area contributed by atoms with Gasteiger partial charge in [0.25, 0.3) is 0 Å². The van der Waals surface area contributed by atoms with Gasteiger partial charge < -0.3 is 15.0 Å². The van der Waals surface area contributed by atoms with Crippen LogP contribution in [-0.2, 0) is 9.53 Å². The molecule has 1 saturated heterocycles. The second-order valence-electron chi connectivity index (χ2n) is 9.68. The number of carbonyl (C=O) groups excluding carboxylic acids is 2. The molecule has 2 aromatic rings. The number of Topliss-reactive ketones (excluding diaryl/α,β-unsaturated/α-hetero) is 1. The van der Waals surface area contributed by atoms with E-state index in [2.05, 4.69) is 20.3 Å². The van der Waals surface area contributed by atoms with E-state index < -0.39 is 28.7 Å². The molecule has 0 aromatic carbocycles. The number of aromatic amines is 1. The lowest BCUT2D eigenvalue weighted by Gasteiger charge is -2.69. The fraction of sp³-hybridized carbons (Fsp3) is 0.522. The molecule has 1 amide bonds. The van der Waals surface area contributed by atoms with E-state index in [4.69, 9.17) is 4.74 Å². The maximum Gasteiger partial charge on any atom is 0.394 e. The van der Waals surface area contributed by atoms with Crippen LogP contribution >= 0.6 is 0 Å². The lowest BCUT2D eigenvalue weighted by Crippen LogP contribution is -2.71. The van der Waals surface area contributed by atoms with Gasteiger partial charge in [-0.1, -0.05) is 0 Å². The van der Waals surface area contributed by atoms with Gasteiger partial charge in [0.15, 0.2) is 11.6 Å². The number of nitrogens with zero attached hydrogens (tertiary/aromatic N) is 2. The van der Waals surface area contributed by atoms with E-state index in [-0.39, 0.29) is 48.3 Å². The van der Waals surface area contributed by atoms with Crippen molar-refractivity contribution >= 4 is 17.5 Å². The molecule has 4 aliphatic rings. The zero-order chi connectivity index (χ0) is 24.3. The van der Waals surface area contributed by atoms with Crippen molar-refractivity contribution in [2.45, 2.75) is 51.3 Å². The number of rotatable bonds is 5. The molecule has 2 atom stereocenters. The molecule has 3 heterocycles. The smallest absolute Gasteiger partial charge is 0.373 e. The number of alkyl halides is 3. The van der Waals surface area contributed by atoms with Gasteiger partial charge in [-0.05, 0) is 50.7 Å². The van der Waals surface area contributed by atoms with E-state index in [0.717, 1.165) is 5.56 Å². The molecular formula is C23H23F3N4O4. The Morgan fingerprint density at radius 3 is 2.62 bits per heavy atom. The number of carbonyl (C=O) groups is 2. The average Bonchev–Trinajstić information content (AvgIpc) is 2.72. The van der Waals surface area contributed by atoms with Gasteiger partial charge in [-0.2, -0.15) is 13.2 Å². The minimum Gasteiger partial charge on any atom is -0.373 e. The number of ether oxygens (including phenoxy) is 1. The molecule has 3 saturated carbocycles. The molecule has 2 N–H and O–H groups in total. The topological polar surface area (TPSA) is 114 Å². The summed E-state index contributed by atoms with van der Waals surface area (Å²) in [6.45, 7) is 1.96. The van der Waals surface area contributed by atoms with E-state index in [9.17, 15) is 27.6 Å². The van der Waals surface area contributed by atoms with Gasteiger partial charge in [-0.3, -0.25) is 14.4 Å². The Hall–Kier alpha value is -3.08. The van der Waals surface area contributed by atoms with E-state index in [1.165, 1.54) is 12.3 Å². The number of amides is 1. The summed E-state index contributed by atoms with van der Waals surface area (Å²) < 4.78 is 45.4. The molecule has 6 rings (SSSR count). The average molecular weight is 476 g/mol. The number of aromatic nitrogens is 3. The summed E-state index contributed by atoms with van der Waals surface area (Å²) in [5, 5.41) is 2.68. The minimum atomic E-state index is -4.32. The Morgan fingerprint density at radius 1 is 1.24 bits per heavy atom. The second-order valence-corrected chi connectivity index (χ2v) is 9.68. The molecule has 2 aromatic heterocycles. The van der Waals surface area contributed by atoms with Crippen molar-refractivity contribution in [2.75, 3.05) is 11.9 Å². The molecule has 3 aliphatic carbocycles. The van der Waals surface area contributed by atoms with Gasteiger partial charge in [0, 0.05) is 30.2 Å². The van der Waals surface area contributed by atoms with E-state index >= 15 is 0 Å². The highest BCUT2D eigenvalue weighted by molar-refractivity contribution is 6.07. The summed E-state index contributed by atoms with van der Waals surface area (Å²) in [5.41, 5.74) is -2.00. The third kappa shape index (κ3) is 3.62. The Kier molecular flexibility index (Phi) is 5.16. The number of aryl methyl sites for hydroxylation is 1. The number of anilines is 1. The molecule has 8 nitrogen and oxygen atoms in total. The Morgan fingerprint density at radius 2 is 1.97 bits per heavy atom. The zero-order valence-electron chi connectivity index (χ0n) is 18.4. The monoisotopic (exact) mass is 476 g/mol. The number of hydrogen-bond acceptors (Lipinski definition) is 6. The van der Waals surface area contributed by atoms with E-state index in [0.29, 0.717) is 25.1 Å². The van der Waals surface area contributed by atoms with Crippen molar-refractivity contribution in [3.05, 3.63) is 51.8 Å². The standard InChI is InChI=1S/C23H23F3N4O4/c1-12-7-28-19(17(29-12)18(32)21-9-22(10-21,11-21)23(24,25)26)30-20(33)13-4-5-34-15(6-13)14-2-3-16(31)27-8-14/h2-3,7-8,13,15H,4-6,9-11H2,1H3,(H,27,31)(H,28,30,33)/t13-,15+,21?,22?/m0/s1. The molecule has 0 radical (unpaired) electrons. The summed E-state index contributed by atoms with van der Waals surface area (Å²) in [4.78, 5) is 48.5. The number of ketones is 1. The molecule has 11 heteroatoms. The maximum absolute atomic E-state index is 13.2. The highest BCUT2D eigenvalue weighted by Crippen LogP contribution is 2.79. The van der Waals surface area contributed by atoms with Crippen molar-refractivity contribution in [1.29, 1.82) is 0 Å². The number of nitrogens with one attached hydrogen (secondary N) is 2. The van der Waals surface area contributed by atoms with Crippen LogP contribution in [0, 0.1) is 23.7 Å². The molecule has 0 spiro atoms. The van der Waals surface area contributed by atoms with Crippen LogP contribution < -0.4 is 10.9 Å². The number of hydrogen-bond donors (Lipinski definition) is 2. The second kappa shape index (κ2) is 7.72. The summed E-state index contributed by atoms with van der Waals surface area (Å²) in [5.74, 6) is -1.34. The van der Waals surface area contributed by atoms with E-state index in [1.54, 1.807) is 19.2 Å². The Balaban J connectivity index is 1.30. The summed E-state index contributed by atoms with van der Waals surface area (Å²) >= 11 is 0. The predicted molar refractivity (Wildman–Crippen MR) is 113 cm³/mol. The van der Waals surface area contributed by atoms with Gasteiger partial charge in [0.1, 0.15) is 5.69 Å². The number of halogens is 3. The van der Waals surface area contributed by atoms with Gasteiger partial charge >= 0.3 is 6.18 Å². The van der Waals surface area contributed by atoms with Crippen molar-refractivity contribution < 1.29 is 27.5 Å². The van der Waals surface area contributed by atoms with Crippen LogP contribution in [0.3, 0.4) is 0 Å². The first-order valence-electron chi connectivity index (χ1n) is 11.1. The summed E-state index contributed by atoms with van der Waals surface area (Å²) in [6.07, 6.45) is -1.68. The fourth-order valence-corrected chi connectivity index (χ4v) is 5.42. The van der Waals surface area contributed by atoms with Crippen LogP contribution in [0.4, 0.5) is 19.0 Å². The van der Waals surface area contributed by atoms with Crippen LogP contribution in [0.15, 0.2) is 29.3 Å². The lowest BCUT2D eigenvalue weighted by atomic mass is 9.33. The van der Waals surface area contributed by atoms with Crippen molar-refractivity contribution in [3.8, 4) is 0 Å². The molecule has 2 bridgehead atoms. The SMILES string of the molecule is Cc1cnc(NC(=O)[C@H]2CCO[C@@H](c3ccc(=O)[nH]c3)C2)c(C(=O)C23CC(C(F)(F)F)(C2)C3)n1. The fourth-order valence-electron chi connectivity index (χ4n) is 5.42. The van der Waals surface area contributed by atoms with Crippen molar-refractivity contribution in [1.82, 2.24) is 15.0 Å². The van der Waals surface area contributed by atoms with Crippen molar-refractivity contribution in [3.63, 3.8) is 0 Å². The van der Waals surface area contributed by atoms with Gasteiger partial charge in [-0.15, -0.1) is 0 Å². The zero-order valence-corrected chi connectivity index (χ0v) is 18.4. The predicted octanol–water partition coefficient (Wildman–Crippen LogP) is 3.50. The summed E-state index contributed by atoms with van der Waals surface area (Å²) in [6, 6.07) is 3.03. The first kappa shape index (κ1) is 22.7.